The molecule has 1 atom stereocenters. The molecule has 0 fully saturated rings. The van der Waals surface area contributed by atoms with Gasteiger partial charge < -0.3 is 10.4 Å². The van der Waals surface area contributed by atoms with Crippen molar-refractivity contribution < 1.29 is 27.9 Å². The van der Waals surface area contributed by atoms with E-state index in [1.165, 1.54) is 24.3 Å². The minimum absolute atomic E-state index is 0.0619. The maximum atomic E-state index is 12.8. The average molecular weight is 558 g/mol. The molecule has 9 heteroatoms. The average Bonchev–Trinajstić information content (AvgIpc) is 2.90. The van der Waals surface area contributed by atoms with Gasteiger partial charge in [0.15, 0.2) is 0 Å². The van der Waals surface area contributed by atoms with E-state index in [1.54, 1.807) is 36.4 Å². The molecule has 38 heavy (non-hydrogen) atoms. The van der Waals surface area contributed by atoms with Gasteiger partial charge in [0.1, 0.15) is 6.04 Å². The predicted octanol–water partition coefficient (Wildman–Crippen LogP) is 7.77. The van der Waals surface area contributed by atoms with Gasteiger partial charge in [-0.2, -0.15) is 13.2 Å². The monoisotopic (exact) mass is 557 g/mol. The summed E-state index contributed by atoms with van der Waals surface area (Å²) < 4.78 is 38.3. The highest BCUT2D eigenvalue weighted by atomic mass is 35.5. The van der Waals surface area contributed by atoms with Crippen molar-refractivity contribution in [2.75, 3.05) is 0 Å². The Bertz CT molecular complexity index is 1450. The predicted molar refractivity (Wildman–Crippen MR) is 141 cm³/mol. The third-order valence-electron chi connectivity index (χ3n) is 5.94. The maximum Gasteiger partial charge on any atom is 0.416 e. The number of carbonyl (C=O) groups excluding carboxylic acids is 1. The van der Waals surface area contributed by atoms with E-state index in [-0.39, 0.29) is 12.0 Å². The Morgan fingerprint density at radius 1 is 0.737 bits per heavy atom. The van der Waals surface area contributed by atoms with Crippen LogP contribution in [-0.2, 0) is 17.4 Å². The largest absolute Gasteiger partial charge is 0.480 e. The molecule has 0 aliphatic rings. The number of amides is 1. The van der Waals surface area contributed by atoms with Gasteiger partial charge in [0, 0.05) is 12.0 Å². The number of carbonyl (C=O) groups is 2. The molecule has 194 valence electrons. The molecule has 0 radical (unpaired) electrons. The van der Waals surface area contributed by atoms with Crippen LogP contribution < -0.4 is 5.32 Å². The van der Waals surface area contributed by atoms with Crippen LogP contribution in [0.25, 0.3) is 22.3 Å². The smallest absolute Gasteiger partial charge is 0.416 e. The summed E-state index contributed by atoms with van der Waals surface area (Å²) in [7, 11) is 0. The summed E-state index contributed by atoms with van der Waals surface area (Å²) in [5.74, 6) is -1.77. The fourth-order valence-corrected chi connectivity index (χ4v) is 4.15. The highest BCUT2D eigenvalue weighted by Gasteiger charge is 2.30. The van der Waals surface area contributed by atoms with Gasteiger partial charge in [0.2, 0.25) is 0 Å². The van der Waals surface area contributed by atoms with Crippen LogP contribution >= 0.6 is 23.2 Å². The number of aliphatic carboxylic acids is 1. The first-order valence-corrected chi connectivity index (χ1v) is 12.1. The lowest BCUT2D eigenvalue weighted by molar-refractivity contribution is -0.139. The zero-order valence-electron chi connectivity index (χ0n) is 19.6. The minimum Gasteiger partial charge on any atom is -0.480 e. The van der Waals surface area contributed by atoms with Gasteiger partial charge in [0.25, 0.3) is 5.91 Å². The molecule has 0 spiro atoms. The summed E-state index contributed by atoms with van der Waals surface area (Å²) in [6.07, 6.45) is -4.36. The molecular weight excluding hydrogens is 538 g/mol. The second-order valence-electron chi connectivity index (χ2n) is 8.55. The topological polar surface area (TPSA) is 66.4 Å². The van der Waals surface area contributed by atoms with E-state index in [2.05, 4.69) is 5.32 Å². The Morgan fingerprint density at radius 2 is 1.24 bits per heavy atom. The molecule has 4 aromatic carbocycles. The van der Waals surface area contributed by atoms with E-state index >= 15 is 0 Å². The summed E-state index contributed by atoms with van der Waals surface area (Å²) in [5, 5.41) is 13.1. The summed E-state index contributed by atoms with van der Waals surface area (Å²) in [6.45, 7) is 0. The zero-order chi connectivity index (χ0) is 27.4. The van der Waals surface area contributed by atoms with Crippen molar-refractivity contribution in [2.45, 2.75) is 18.6 Å². The molecule has 0 saturated carbocycles. The normalized spacial score (nSPS) is 12.1. The number of nitrogens with one attached hydrogen (secondary N) is 1. The first-order valence-electron chi connectivity index (χ1n) is 11.4. The molecule has 2 N–H and O–H groups in total. The third kappa shape index (κ3) is 6.54. The van der Waals surface area contributed by atoms with Crippen LogP contribution in [-0.4, -0.2) is 23.0 Å². The third-order valence-corrected chi connectivity index (χ3v) is 6.68. The lowest BCUT2D eigenvalue weighted by Crippen LogP contribution is -2.42. The molecular formula is C29H20Cl2F3NO3. The Hall–Kier alpha value is -3.81. The van der Waals surface area contributed by atoms with Gasteiger partial charge in [-0.15, -0.1) is 0 Å². The highest BCUT2D eigenvalue weighted by molar-refractivity contribution is 6.42. The van der Waals surface area contributed by atoms with Crippen LogP contribution in [0.5, 0.6) is 0 Å². The van der Waals surface area contributed by atoms with Gasteiger partial charge >= 0.3 is 12.1 Å². The lowest BCUT2D eigenvalue weighted by Gasteiger charge is -2.15. The molecule has 0 bridgehead atoms. The summed E-state index contributed by atoms with van der Waals surface area (Å²) in [6, 6.07) is 22.2. The first-order chi connectivity index (χ1) is 18.0. The number of benzene rings is 4. The molecule has 1 amide bonds. The fraction of sp³-hybridized carbons (Fsp3) is 0.103. The summed E-state index contributed by atoms with van der Waals surface area (Å²) >= 11 is 12.0. The Balaban J connectivity index is 1.42. The molecule has 0 aliphatic carbocycles. The van der Waals surface area contributed by atoms with E-state index < -0.39 is 29.7 Å². The van der Waals surface area contributed by atoms with E-state index in [0.29, 0.717) is 26.7 Å². The summed E-state index contributed by atoms with van der Waals surface area (Å²) in [5.41, 5.74) is 3.08. The number of hydrogen-bond acceptors (Lipinski definition) is 2. The Labute approximate surface area is 226 Å². The zero-order valence-corrected chi connectivity index (χ0v) is 21.1. The van der Waals surface area contributed by atoms with Crippen LogP contribution in [0.2, 0.25) is 10.0 Å². The molecule has 0 heterocycles. The van der Waals surface area contributed by atoms with Gasteiger partial charge in [-0.05, 0) is 64.2 Å². The number of halogens is 5. The molecule has 4 nitrogen and oxygen atoms in total. The number of rotatable bonds is 7. The van der Waals surface area contributed by atoms with Crippen molar-refractivity contribution in [2.24, 2.45) is 0 Å². The van der Waals surface area contributed by atoms with Crippen molar-refractivity contribution in [3.8, 4) is 22.3 Å². The SMILES string of the molecule is O=C(N[C@@H](Cc1ccc(-c2ccc(Cl)c(Cl)c2)cc1)C(=O)O)c1ccc(-c2ccc(C(F)(F)F)cc2)cc1. The first kappa shape index (κ1) is 27.2. The minimum atomic E-state index is -4.42. The van der Waals surface area contributed by atoms with Crippen LogP contribution in [0.4, 0.5) is 13.2 Å². The van der Waals surface area contributed by atoms with Gasteiger partial charge in [-0.25, -0.2) is 4.79 Å². The lowest BCUT2D eigenvalue weighted by atomic mass is 10.00. The van der Waals surface area contributed by atoms with E-state index in [0.717, 1.165) is 23.3 Å². The van der Waals surface area contributed by atoms with Crippen LogP contribution in [0.15, 0.2) is 91.0 Å². The molecule has 0 aromatic heterocycles. The second-order valence-corrected chi connectivity index (χ2v) is 9.36. The van der Waals surface area contributed by atoms with E-state index in [9.17, 15) is 27.9 Å². The highest BCUT2D eigenvalue weighted by Crippen LogP contribution is 2.31. The van der Waals surface area contributed by atoms with Crippen molar-refractivity contribution in [3.05, 3.63) is 118 Å². The van der Waals surface area contributed by atoms with Gasteiger partial charge in [-0.3, -0.25) is 4.79 Å². The van der Waals surface area contributed by atoms with E-state index in [4.69, 9.17) is 23.2 Å². The quantitative estimate of drug-likeness (QED) is 0.244. The molecule has 4 aromatic rings. The molecule has 0 aliphatic heterocycles. The molecule has 4 rings (SSSR count). The number of carboxylic acids is 1. The summed E-state index contributed by atoms with van der Waals surface area (Å²) in [4.78, 5) is 24.6. The standard InChI is InChI=1S/C29H20Cl2F3NO3/c30-24-14-11-22(16-25(24)31)20-3-1-17(2-4-20)15-26(28(37)38)35-27(36)21-7-5-18(6-8-21)19-9-12-23(13-10-19)29(32,33)34/h1-14,16,26H,15H2,(H,35,36)(H,37,38)/t26-/m0/s1. The number of hydrogen-bond donors (Lipinski definition) is 2. The van der Waals surface area contributed by atoms with Crippen LogP contribution in [0.3, 0.4) is 0 Å². The maximum absolute atomic E-state index is 12.8. The number of alkyl halides is 3. The van der Waals surface area contributed by atoms with Gasteiger partial charge in [0.05, 0.1) is 15.6 Å². The van der Waals surface area contributed by atoms with Crippen molar-refractivity contribution in [1.82, 2.24) is 5.32 Å². The van der Waals surface area contributed by atoms with Crippen molar-refractivity contribution in [3.63, 3.8) is 0 Å². The molecule has 0 unspecified atom stereocenters. The van der Waals surface area contributed by atoms with Crippen LogP contribution in [0, 0.1) is 0 Å². The fourth-order valence-electron chi connectivity index (χ4n) is 3.85. The van der Waals surface area contributed by atoms with E-state index in [1.807, 2.05) is 18.2 Å². The van der Waals surface area contributed by atoms with Gasteiger partial charge in [-0.1, -0.05) is 77.8 Å². The second kappa shape index (κ2) is 11.3. The Kier molecular flexibility index (Phi) is 8.09. The number of carboxylic acid groups (broad SMARTS) is 1. The van der Waals surface area contributed by atoms with Crippen LogP contribution in [0.1, 0.15) is 21.5 Å². The molecule has 0 saturated heterocycles. The van der Waals surface area contributed by atoms with Crippen molar-refractivity contribution >= 4 is 35.1 Å². The van der Waals surface area contributed by atoms with Crippen molar-refractivity contribution in [1.29, 1.82) is 0 Å². The Morgan fingerprint density at radius 3 is 1.76 bits per heavy atom.